The van der Waals surface area contributed by atoms with E-state index in [9.17, 15) is 14.9 Å². The Morgan fingerprint density at radius 3 is 2.74 bits per heavy atom. The van der Waals surface area contributed by atoms with Crippen molar-refractivity contribution < 1.29 is 14.1 Å². The van der Waals surface area contributed by atoms with E-state index in [1.54, 1.807) is 48.7 Å². The molecule has 0 radical (unpaired) electrons. The van der Waals surface area contributed by atoms with Crippen LogP contribution in [0.4, 0.5) is 17.1 Å². The molecule has 2 aromatic heterocycles. The molecular formula is C25H23N5O4. The number of rotatable bonds is 5. The van der Waals surface area contributed by atoms with Crippen molar-refractivity contribution in [2.24, 2.45) is 5.92 Å². The average molecular weight is 457 g/mol. The maximum absolute atomic E-state index is 12.9. The highest BCUT2D eigenvalue weighted by Gasteiger charge is 2.25. The second-order valence-corrected chi connectivity index (χ2v) is 8.51. The average Bonchev–Trinajstić information content (AvgIpc) is 3.29. The topological polar surface area (TPSA) is 114 Å². The molecule has 1 amide bonds. The van der Waals surface area contributed by atoms with Crippen LogP contribution in [0.15, 0.2) is 65.2 Å². The first-order valence-corrected chi connectivity index (χ1v) is 11.1. The second kappa shape index (κ2) is 8.93. The van der Waals surface area contributed by atoms with Crippen LogP contribution in [-0.4, -0.2) is 33.9 Å². The normalized spacial score (nSPS) is 14.3. The third-order valence-corrected chi connectivity index (χ3v) is 6.09. The minimum Gasteiger partial charge on any atom is -0.434 e. The summed E-state index contributed by atoms with van der Waals surface area (Å²) in [6.45, 7) is 3.73. The van der Waals surface area contributed by atoms with Crippen molar-refractivity contribution in [1.82, 2.24) is 9.97 Å². The molecule has 5 rings (SSSR count). The number of carbonyl (C=O) groups excluding carboxylic acids is 1. The lowest BCUT2D eigenvalue weighted by Gasteiger charge is -2.31. The molecule has 9 nitrogen and oxygen atoms in total. The van der Waals surface area contributed by atoms with Gasteiger partial charge in [-0.25, -0.2) is 4.98 Å². The zero-order valence-corrected chi connectivity index (χ0v) is 18.6. The lowest BCUT2D eigenvalue weighted by Crippen LogP contribution is -2.33. The van der Waals surface area contributed by atoms with Crippen molar-refractivity contribution in [3.63, 3.8) is 0 Å². The van der Waals surface area contributed by atoms with Crippen LogP contribution in [0.3, 0.4) is 0 Å². The number of fused-ring (bicyclic) bond motifs is 1. The fraction of sp³-hybridized carbons (Fsp3) is 0.240. The first-order valence-electron chi connectivity index (χ1n) is 11.1. The summed E-state index contributed by atoms with van der Waals surface area (Å²) in [6.07, 6.45) is 3.62. The number of hydrogen-bond donors (Lipinski definition) is 1. The molecule has 0 unspecified atom stereocenters. The molecule has 1 N–H and O–H groups in total. The minimum absolute atomic E-state index is 0.0603. The quantitative estimate of drug-likeness (QED) is 0.320. The predicted octanol–water partition coefficient (Wildman–Crippen LogP) is 5.29. The van der Waals surface area contributed by atoms with Gasteiger partial charge in [0.25, 0.3) is 11.6 Å². The maximum Gasteiger partial charge on any atom is 0.293 e. The first kappa shape index (κ1) is 21.6. The molecule has 172 valence electrons. The van der Waals surface area contributed by atoms with Crippen LogP contribution >= 0.6 is 0 Å². The van der Waals surface area contributed by atoms with Crippen LogP contribution in [0.1, 0.15) is 30.1 Å². The van der Waals surface area contributed by atoms with E-state index in [1.165, 1.54) is 6.07 Å². The Morgan fingerprint density at radius 1 is 1.15 bits per heavy atom. The summed E-state index contributed by atoms with van der Waals surface area (Å²) in [6, 6.07) is 15.3. The number of benzene rings is 2. The van der Waals surface area contributed by atoms with E-state index in [1.807, 2.05) is 11.0 Å². The summed E-state index contributed by atoms with van der Waals surface area (Å²) < 4.78 is 5.75. The summed E-state index contributed by atoms with van der Waals surface area (Å²) in [7, 11) is 0. The number of nitro benzene ring substituents is 1. The van der Waals surface area contributed by atoms with E-state index in [-0.39, 0.29) is 11.3 Å². The highest BCUT2D eigenvalue weighted by molar-refractivity contribution is 6.05. The van der Waals surface area contributed by atoms with Crippen molar-refractivity contribution in [1.29, 1.82) is 0 Å². The van der Waals surface area contributed by atoms with Gasteiger partial charge >= 0.3 is 0 Å². The van der Waals surface area contributed by atoms with Crippen molar-refractivity contribution in [3.05, 3.63) is 76.5 Å². The molecular weight excluding hydrogens is 434 g/mol. The van der Waals surface area contributed by atoms with Gasteiger partial charge in [-0.2, -0.15) is 4.98 Å². The smallest absolute Gasteiger partial charge is 0.293 e. The molecule has 0 spiro atoms. The van der Waals surface area contributed by atoms with Crippen molar-refractivity contribution in [2.45, 2.75) is 19.8 Å². The maximum atomic E-state index is 12.9. The number of nitrogens with one attached hydrogen (secondary N) is 1. The van der Waals surface area contributed by atoms with E-state index in [0.717, 1.165) is 25.9 Å². The molecule has 3 heterocycles. The number of piperidine rings is 1. The minimum atomic E-state index is -0.432. The van der Waals surface area contributed by atoms with E-state index in [0.29, 0.717) is 40.0 Å². The highest BCUT2D eigenvalue weighted by atomic mass is 16.6. The summed E-state index contributed by atoms with van der Waals surface area (Å²) >= 11 is 0. The van der Waals surface area contributed by atoms with E-state index in [2.05, 4.69) is 22.2 Å². The number of hydrogen-bond acceptors (Lipinski definition) is 7. The number of anilines is 2. The van der Waals surface area contributed by atoms with Crippen LogP contribution in [-0.2, 0) is 0 Å². The Kier molecular flexibility index (Phi) is 5.67. The van der Waals surface area contributed by atoms with Crippen LogP contribution in [0.5, 0.6) is 0 Å². The molecule has 34 heavy (non-hydrogen) atoms. The number of aromatic nitrogens is 2. The molecule has 0 atom stereocenters. The van der Waals surface area contributed by atoms with Gasteiger partial charge in [0, 0.05) is 42.2 Å². The van der Waals surface area contributed by atoms with Crippen LogP contribution < -0.4 is 10.2 Å². The zero-order valence-electron chi connectivity index (χ0n) is 18.6. The second-order valence-electron chi connectivity index (χ2n) is 8.51. The van der Waals surface area contributed by atoms with Gasteiger partial charge in [-0.15, -0.1) is 0 Å². The Morgan fingerprint density at radius 2 is 1.97 bits per heavy atom. The van der Waals surface area contributed by atoms with Gasteiger partial charge < -0.3 is 14.6 Å². The molecule has 4 aromatic rings. The van der Waals surface area contributed by atoms with Crippen molar-refractivity contribution in [3.8, 4) is 11.5 Å². The van der Waals surface area contributed by atoms with Gasteiger partial charge in [0.05, 0.1) is 4.92 Å². The third kappa shape index (κ3) is 4.32. The van der Waals surface area contributed by atoms with Crippen molar-refractivity contribution in [2.75, 3.05) is 23.3 Å². The number of nitrogens with zero attached hydrogens (tertiary/aromatic N) is 4. The van der Waals surface area contributed by atoms with Gasteiger partial charge in [0.1, 0.15) is 5.69 Å². The molecule has 0 aliphatic carbocycles. The standard InChI is InChI=1S/C25H23N5O4/c1-16-9-12-29(13-10-16)20-8-7-17(15-21(20)30(32)33)24(31)27-19-5-2-4-18(14-19)25-28-23-22(34-25)6-3-11-26-23/h2-8,11,14-16H,9-10,12-13H2,1H3,(H,27,31). The molecule has 2 aromatic carbocycles. The number of pyridine rings is 1. The fourth-order valence-corrected chi connectivity index (χ4v) is 4.15. The molecule has 1 aliphatic heterocycles. The van der Waals surface area contributed by atoms with E-state index < -0.39 is 10.8 Å². The van der Waals surface area contributed by atoms with Gasteiger partial charge in [0.15, 0.2) is 11.2 Å². The van der Waals surface area contributed by atoms with Gasteiger partial charge in [-0.1, -0.05) is 13.0 Å². The van der Waals surface area contributed by atoms with E-state index in [4.69, 9.17) is 4.42 Å². The van der Waals surface area contributed by atoms with Crippen LogP contribution in [0.25, 0.3) is 22.7 Å². The van der Waals surface area contributed by atoms with Crippen molar-refractivity contribution >= 4 is 34.2 Å². The van der Waals surface area contributed by atoms with Crippen LogP contribution in [0.2, 0.25) is 0 Å². The first-order chi connectivity index (χ1) is 16.5. The lowest BCUT2D eigenvalue weighted by atomic mass is 9.98. The Balaban J connectivity index is 1.37. The lowest BCUT2D eigenvalue weighted by molar-refractivity contribution is -0.384. The van der Waals surface area contributed by atoms with Gasteiger partial charge in [0.2, 0.25) is 5.89 Å². The number of oxazole rings is 1. The number of carbonyl (C=O) groups is 1. The largest absolute Gasteiger partial charge is 0.434 e. The third-order valence-electron chi connectivity index (χ3n) is 6.09. The SMILES string of the molecule is CC1CCN(c2ccc(C(=O)Nc3cccc(-c4nc5ncccc5o4)c3)cc2[N+](=O)[O-])CC1. The predicted molar refractivity (Wildman–Crippen MR) is 129 cm³/mol. The monoisotopic (exact) mass is 457 g/mol. The molecule has 1 saturated heterocycles. The number of nitro groups is 1. The van der Waals surface area contributed by atoms with E-state index >= 15 is 0 Å². The van der Waals surface area contributed by atoms with Gasteiger partial charge in [-0.05, 0) is 61.2 Å². The fourth-order valence-electron chi connectivity index (χ4n) is 4.15. The summed E-state index contributed by atoms with van der Waals surface area (Å²) in [5, 5.41) is 14.6. The van der Waals surface area contributed by atoms with Crippen LogP contribution in [0, 0.1) is 16.0 Å². The summed E-state index contributed by atoms with van der Waals surface area (Å²) in [4.78, 5) is 34.8. The Hall–Kier alpha value is -4.27. The molecule has 0 bridgehead atoms. The van der Waals surface area contributed by atoms with Gasteiger partial charge in [-0.3, -0.25) is 14.9 Å². The summed E-state index contributed by atoms with van der Waals surface area (Å²) in [5.74, 6) is 0.570. The number of amides is 1. The molecule has 0 saturated carbocycles. The molecule has 1 aliphatic rings. The zero-order chi connectivity index (χ0) is 23.7. The Labute approximate surface area is 195 Å². The summed E-state index contributed by atoms with van der Waals surface area (Å²) in [5.41, 5.74) is 2.99. The molecule has 1 fully saturated rings. The molecule has 9 heteroatoms. The highest BCUT2D eigenvalue weighted by Crippen LogP contribution is 2.33. The Bertz CT molecular complexity index is 1340.